The van der Waals surface area contributed by atoms with Gasteiger partial charge in [-0.2, -0.15) is 0 Å². The number of aryl methyl sites for hydroxylation is 1. The highest BCUT2D eigenvalue weighted by Gasteiger charge is 2.26. The number of carbonyl (C=O) groups is 1. The SMILES string of the molecule is Cc1cccnc1C(=O)N1CC(C)NC(C)C1.Cl.Cl. The van der Waals surface area contributed by atoms with Gasteiger partial charge < -0.3 is 10.2 Å². The van der Waals surface area contributed by atoms with Crippen molar-refractivity contribution in [1.82, 2.24) is 15.2 Å². The van der Waals surface area contributed by atoms with Gasteiger partial charge in [-0.05, 0) is 32.4 Å². The first-order chi connectivity index (χ1) is 8.08. The lowest BCUT2D eigenvalue weighted by Gasteiger charge is -2.36. The molecule has 2 unspecified atom stereocenters. The van der Waals surface area contributed by atoms with Gasteiger partial charge in [0.15, 0.2) is 0 Å². The van der Waals surface area contributed by atoms with E-state index in [0.29, 0.717) is 17.8 Å². The van der Waals surface area contributed by atoms with Gasteiger partial charge in [-0.15, -0.1) is 24.8 Å². The average molecular weight is 306 g/mol. The molecule has 0 saturated carbocycles. The van der Waals surface area contributed by atoms with Crippen LogP contribution in [0.4, 0.5) is 0 Å². The van der Waals surface area contributed by atoms with Crippen LogP contribution >= 0.6 is 24.8 Å². The Morgan fingerprint density at radius 1 is 1.32 bits per heavy atom. The van der Waals surface area contributed by atoms with Crippen LogP contribution in [0.15, 0.2) is 18.3 Å². The Morgan fingerprint density at radius 3 is 2.42 bits per heavy atom. The molecule has 19 heavy (non-hydrogen) atoms. The quantitative estimate of drug-likeness (QED) is 0.864. The number of aromatic nitrogens is 1. The van der Waals surface area contributed by atoms with Gasteiger partial charge in [-0.3, -0.25) is 9.78 Å². The van der Waals surface area contributed by atoms with E-state index < -0.39 is 0 Å². The summed E-state index contributed by atoms with van der Waals surface area (Å²) in [5.74, 6) is 0.0447. The van der Waals surface area contributed by atoms with Crippen LogP contribution in [0, 0.1) is 6.92 Å². The van der Waals surface area contributed by atoms with E-state index >= 15 is 0 Å². The van der Waals surface area contributed by atoms with Gasteiger partial charge in [0.1, 0.15) is 5.69 Å². The lowest BCUT2D eigenvalue weighted by molar-refractivity contribution is 0.0667. The normalized spacial score (nSPS) is 22.2. The molecule has 1 aromatic rings. The molecule has 0 bridgehead atoms. The third-order valence-electron chi connectivity index (χ3n) is 3.06. The number of hydrogen-bond donors (Lipinski definition) is 1. The highest BCUT2D eigenvalue weighted by atomic mass is 35.5. The van der Waals surface area contributed by atoms with Gasteiger partial charge in [-0.1, -0.05) is 6.07 Å². The Morgan fingerprint density at radius 2 is 1.89 bits per heavy atom. The van der Waals surface area contributed by atoms with Crippen molar-refractivity contribution in [2.75, 3.05) is 13.1 Å². The summed E-state index contributed by atoms with van der Waals surface area (Å²) in [6.07, 6.45) is 1.68. The number of halogens is 2. The van der Waals surface area contributed by atoms with Gasteiger partial charge in [0, 0.05) is 31.4 Å². The summed E-state index contributed by atoms with van der Waals surface area (Å²) in [6.45, 7) is 7.62. The molecule has 0 aromatic carbocycles. The number of nitrogens with one attached hydrogen (secondary N) is 1. The summed E-state index contributed by atoms with van der Waals surface area (Å²) in [5, 5.41) is 3.42. The molecule has 0 radical (unpaired) electrons. The molecule has 0 spiro atoms. The second kappa shape index (κ2) is 7.68. The molecular weight excluding hydrogens is 285 g/mol. The third-order valence-corrected chi connectivity index (χ3v) is 3.06. The summed E-state index contributed by atoms with van der Waals surface area (Å²) < 4.78 is 0. The van der Waals surface area contributed by atoms with Crippen molar-refractivity contribution in [1.29, 1.82) is 0 Å². The second-order valence-corrected chi connectivity index (χ2v) is 4.85. The van der Waals surface area contributed by atoms with E-state index in [1.54, 1.807) is 6.20 Å². The maximum absolute atomic E-state index is 12.3. The largest absolute Gasteiger partial charge is 0.334 e. The summed E-state index contributed by atoms with van der Waals surface area (Å²) in [5.41, 5.74) is 1.52. The number of carbonyl (C=O) groups excluding carboxylic acids is 1. The van der Waals surface area contributed by atoms with Gasteiger partial charge in [0.25, 0.3) is 5.91 Å². The van der Waals surface area contributed by atoms with Gasteiger partial charge >= 0.3 is 0 Å². The Kier molecular flexibility index (Phi) is 7.34. The fraction of sp³-hybridized carbons (Fsp3) is 0.538. The summed E-state index contributed by atoms with van der Waals surface area (Å²) in [6, 6.07) is 4.46. The van der Waals surface area contributed by atoms with Crippen molar-refractivity contribution in [3.05, 3.63) is 29.6 Å². The molecule has 2 atom stereocenters. The van der Waals surface area contributed by atoms with Crippen molar-refractivity contribution < 1.29 is 4.79 Å². The van der Waals surface area contributed by atoms with E-state index in [9.17, 15) is 4.79 Å². The summed E-state index contributed by atoms with van der Waals surface area (Å²) in [7, 11) is 0. The molecule has 6 heteroatoms. The minimum atomic E-state index is 0. The molecule has 2 rings (SSSR count). The maximum Gasteiger partial charge on any atom is 0.272 e. The molecule has 2 heterocycles. The van der Waals surface area contributed by atoms with Crippen molar-refractivity contribution in [3.63, 3.8) is 0 Å². The number of hydrogen-bond acceptors (Lipinski definition) is 3. The molecule has 108 valence electrons. The van der Waals surface area contributed by atoms with Gasteiger partial charge in [0.2, 0.25) is 0 Å². The van der Waals surface area contributed by atoms with Crippen LogP contribution < -0.4 is 5.32 Å². The van der Waals surface area contributed by atoms with Crippen LogP contribution in [0.25, 0.3) is 0 Å². The standard InChI is InChI=1S/C13H19N3O.2ClH/c1-9-5-4-6-14-12(9)13(17)16-7-10(2)15-11(3)8-16;;/h4-6,10-11,15H,7-8H2,1-3H3;2*1H. The first-order valence-electron chi connectivity index (χ1n) is 6.05. The highest BCUT2D eigenvalue weighted by Crippen LogP contribution is 2.11. The minimum Gasteiger partial charge on any atom is -0.334 e. The third kappa shape index (κ3) is 4.34. The van der Waals surface area contributed by atoms with Gasteiger partial charge in [0.05, 0.1) is 0 Å². The van der Waals surface area contributed by atoms with Crippen LogP contribution in [-0.2, 0) is 0 Å². The van der Waals surface area contributed by atoms with E-state index in [4.69, 9.17) is 0 Å². The molecule has 1 aliphatic heterocycles. The zero-order valence-corrected chi connectivity index (χ0v) is 13.1. The minimum absolute atomic E-state index is 0. The second-order valence-electron chi connectivity index (χ2n) is 4.85. The van der Waals surface area contributed by atoms with Crippen LogP contribution in [-0.4, -0.2) is 41.0 Å². The van der Waals surface area contributed by atoms with Crippen molar-refractivity contribution in [2.45, 2.75) is 32.9 Å². The molecule has 1 fully saturated rings. The molecule has 0 aliphatic carbocycles. The Balaban J connectivity index is 0.00000162. The van der Waals surface area contributed by atoms with Gasteiger partial charge in [-0.25, -0.2) is 0 Å². The summed E-state index contributed by atoms with van der Waals surface area (Å²) in [4.78, 5) is 18.4. The molecule has 1 aromatic heterocycles. The van der Waals surface area contributed by atoms with E-state index in [2.05, 4.69) is 24.1 Å². The average Bonchev–Trinajstić information content (AvgIpc) is 2.27. The predicted octanol–water partition coefficient (Wildman–Crippen LogP) is 2.06. The number of rotatable bonds is 1. The molecule has 4 nitrogen and oxygen atoms in total. The number of pyridine rings is 1. The maximum atomic E-state index is 12.3. The predicted molar refractivity (Wildman–Crippen MR) is 81.4 cm³/mol. The molecular formula is C13H21Cl2N3O. The monoisotopic (exact) mass is 305 g/mol. The van der Waals surface area contributed by atoms with Crippen molar-refractivity contribution in [3.8, 4) is 0 Å². The van der Waals surface area contributed by atoms with E-state index in [1.807, 2.05) is 24.0 Å². The molecule has 1 N–H and O–H groups in total. The van der Waals surface area contributed by atoms with E-state index in [-0.39, 0.29) is 30.7 Å². The zero-order chi connectivity index (χ0) is 12.4. The van der Waals surface area contributed by atoms with Crippen molar-refractivity contribution in [2.24, 2.45) is 0 Å². The fourth-order valence-electron chi connectivity index (χ4n) is 2.35. The Bertz CT molecular complexity index is 418. The molecule has 1 saturated heterocycles. The lowest BCUT2D eigenvalue weighted by atomic mass is 10.1. The molecule has 1 amide bonds. The Hall–Kier alpha value is -0.840. The molecule has 1 aliphatic rings. The van der Waals surface area contributed by atoms with E-state index in [0.717, 1.165) is 18.7 Å². The first-order valence-corrected chi connectivity index (χ1v) is 6.05. The lowest BCUT2D eigenvalue weighted by Crippen LogP contribution is -2.56. The van der Waals surface area contributed by atoms with E-state index in [1.165, 1.54) is 0 Å². The zero-order valence-electron chi connectivity index (χ0n) is 11.4. The highest BCUT2D eigenvalue weighted by molar-refractivity contribution is 5.93. The number of amides is 1. The number of nitrogens with zero attached hydrogens (tertiary/aromatic N) is 2. The first kappa shape index (κ1) is 18.2. The topological polar surface area (TPSA) is 45.2 Å². The van der Waals surface area contributed by atoms with Crippen LogP contribution in [0.1, 0.15) is 29.9 Å². The summed E-state index contributed by atoms with van der Waals surface area (Å²) >= 11 is 0. The van der Waals surface area contributed by atoms with Crippen LogP contribution in [0.5, 0.6) is 0 Å². The van der Waals surface area contributed by atoms with Crippen molar-refractivity contribution >= 4 is 30.7 Å². The fourth-order valence-corrected chi connectivity index (χ4v) is 2.35. The Labute approximate surface area is 126 Å². The van der Waals surface area contributed by atoms with Crippen LogP contribution in [0.2, 0.25) is 0 Å². The smallest absolute Gasteiger partial charge is 0.272 e. The number of piperazine rings is 1. The van der Waals surface area contributed by atoms with Crippen LogP contribution in [0.3, 0.4) is 0 Å².